The van der Waals surface area contributed by atoms with Crippen LogP contribution in [0, 0.1) is 0 Å². The van der Waals surface area contributed by atoms with E-state index in [0.29, 0.717) is 11.3 Å². The second-order valence-electron chi connectivity index (χ2n) is 7.65. The van der Waals surface area contributed by atoms with Gasteiger partial charge in [-0.05, 0) is 62.7 Å². The number of nitrogens with zero attached hydrogens (tertiary/aromatic N) is 1. The number of hydrogen-bond donors (Lipinski definition) is 1. The summed E-state index contributed by atoms with van der Waals surface area (Å²) in [6.45, 7) is 2.26. The molecule has 1 unspecified atom stereocenters. The van der Waals surface area contributed by atoms with Gasteiger partial charge in [-0.3, -0.25) is 9.69 Å². The first-order chi connectivity index (χ1) is 13.7. The van der Waals surface area contributed by atoms with Crippen molar-refractivity contribution >= 4 is 17.7 Å². The third kappa shape index (κ3) is 3.53. The number of nitrogens with one attached hydrogen (secondary N) is 1. The van der Waals surface area contributed by atoms with Crippen LogP contribution >= 0.6 is 11.8 Å². The van der Waals surface area contributed by atoms with E-state index in [4.69, 9.17) is 4.74 Å². The number of likely N-dealkylation sites (tertiary alicyclic amines) is 1. The Morgan fingerprint density at radius 1 is 1.11 bits per heavy atom. The van der Waals surface area contributed by atoms with Crippen molar-refractivity contribution < 1.29 is 9.53 Å². The average Bonchev–Trinajstić information content (AvgIpc) is 3.35. The molecular formula is C23H28N2O2S. The third-order valence-corrected chi connectivity index (χ3v) is 6.88. The largest absolute Gasteiger partial charge is 0.496 e. The zero-order chi connectivity index (χ0) is 19.6. The van der Waals surface area contributed by atoms with Gasteiger partial charge in [0.25, 0.3) is 5.91 Å². The summed E-state index contributed by atoms with van der Waals surface area (Å²) in [7, 11) is 1.62. The second-order valence-corrected chi connectivity index (χ2v) is 8.50. The summed E-state index contributed by atoms with van der Waals surface area (Å²) in [6, 6.07) is 16.2. The van der Waals surface area contributed by atoms with Gasteiger partial charge < -0.3 is 10.1 Å². The summed E-state index contributed by atoms with van der Waals surface area (Å²) in [5.74, 6) is 0.573. The van der Waals surface area contributed by atoms with Crippen LogP contribution < -0.4 is 10.1 Å². The molecule has 2 aliphatic rings. The van der Waals surface area contributed by atoms with E-state index in [0.717, 1.165) is 30.8 Å². The van der Waals surface area contributed by atoms with Crippen LogP contribution in [0.15, 0.2) is 53.4 Å². The van der Waals surface area contributed by atoms with E-state index in [1.54, 1.807) is 18.9 Å². The Kier molecular flexibility index (Phi) is 5.65. The van der Waals surface area contributed by atoms with E-state index in [-0.39, 0.29) is 17.5 Å². The van der Waals surface area contributed by atoms with Crippen molar-refractivity contribution in [2.75, 3.05) is 26.5 Å². The zero-order valence-electron chi connectivity index (χ0n) is 16.6. The van der Waals surface area contributed by atoms with Gasteiger partial charge in [0.2, 0.25) is 0 Å². The summed E-state index contributed by atoms with van der Waals surface area (Å²) < 4.78 is 5.51. The summed E-state index contributed by atoms with van der Waals surface area (Å²) in [4.78, 5) is 17.0. The molecule has 1 aliphatic heterocycles. The molecule has 0 aromatic heterocycles. The lowest BCUT2D eigenvalue weighted by Gasteiger charge is -2.36. The summed E-state index contributed by atoms with van der Waals surface area (Å²) in [5, 5.41) is 3.40. The number of carbonyl (C=O) groups excluding carboxylic acids is 1. The van der Waals surface area contributed by atoms with Crippen LogP contribution in [-0.2, 0) is 0 Å². The molecule has 4 rings (SSSR count). The predicted octanol–water partition coefficient (Wildman–Crippen LogP) is 4.52. The molecule has 2 aromatic carbocycles. The highest BCUT2D eigenvalue weighted by Crippen LogP contribution is 2.52. The number of benzene rings is 2. The van der Waals surface area contributed by atoms with Crippen molar-refractivity contribution in [1.29, 1.82) is 0 Å². The monoisotopic (exact) mass is 396 g/mol. The molecule has 0 spiro atoms. The molecule has 5 heteroatoms. The molecule has 148 valence electrons. The number of amides is 1. The number of thioether (sulfide) groups is 1. The van der Waals surface area contributed by atoms with E-state index >= 15 is 0 Å². The van der Waals surface area contributed by atoms with Gasteiger partial charge in [-0.25, -0.2) is 0 Å². The van der Waals surface area contributed by atoms with E-state index in [1.807, 2.05) is 30.5 Å². The van der Waals surface area contributed by atoms with Crippen LogP contribution in [0.3, 0.4) is 0 Å². The van der Waals surface area contributed by atoms with Gasteiger partial charge in [0, 0.05) is 10.4 Å². The normalized spacial score (nSPS) is 19.2. The van der Waals surface area contributed by atoms with Crippen LogP contribution in [0.1, 0.15) is 47.6 Å². The Bertz CT molecular complexity index is 808. The quantitative estimate of drug-likeness (QED) is 0.699. The van der Waals surface area contributed by atoms with E-state index < -0.39 is 0 Å². The van der Waals surface area contributed by atoms with Gasteiger partial charge in [0.15, 0.2) is 0 Å². The molecule has 2 aromatic rings. The van der Waals surface area contributed by atoms with Crippen molar-refractivity contribution in [1.82, 2.24) is 10.2 Å². The fraction of sp³-hybridized carbons (Fsp3) is 0.435. The molecule has 1 N–H and O–H groups in total. The maximum atomic E-state index is 13.5. The Morgan fingerprint density at radius 2 is 1.82 bits per heavy atom. The first-order valence-electron chi connectivity index (χ1n) is 10.0. The number of hydrogen-bond acceptors (Lipinski definition) is 4. The topological polar surface area (TPSA) is 41.6 Å². The lowest BCUT2D eigenvalue weighted by atomic mass is 9.95. The maximum Gasteiger partial charge on any atom is 0.256 e. The van der Waals surface area contributed by atoms with Crippen molar-refractivity contribution in [2.24, 2.45) is 0 Å². The summed E-state index contributed by atoms with van der Waals surface area (Å²) in [6.07, 6.45) is 6.76. The standard InChI is InChI=1S/C23H28N2O2S/c1-27-18-11-8-12-19(28-2)20(18)22(26)24-21(17-9-4-3-5-10-17)23(13-14-23)25-15-6-7-16-25/h3-5,8-12,21H,6-7,13-16H2,1-2H3,(H,24,26). The van der Waals surface area contributed by atoms with Gasteiger partial charge in [-0.1, -0.05) is 36.4 Å². The van der Waals surface area contributed by atoms with E-state index in [9.17, 15) is 4.79 Å². The fourth-order valence-corrected chi connectivity index (χ4v) is 5.14. The van der Waals surface area contributed by atoms with Gasteiger partial charge in [0.05, 0.1) is 18.7 Å². The Hall–Kier alpha value is -1.98. The predicted molar refractivity (Wildman–Crippen MR) is 114 cm³/mol. The molecule has 2 fully saturated rings. The minimum absolute atomic E-state index is 0.0149. The second kappa shape index (κ2) is 8.18. The Morgan fingerprint density at radius 3 is 2.43 bits per heavy atom. The molecular weight excluding hydrogens is 368 g/mol. The zero-order valence-corrected chi connectivity index (χ0v) is 17.4. The van der Waals surface area contributed by atoms with Crippen molar-refractivity contribution in [2.45, 2.75) is 42.2 Å². The Balaban J connectivity index is 1.69. The number of carbonyl (C=O) groups is 1. The van der Waals surface area contributed by atoms with Crippen LogP contribution in [-0.4, -0.2) is 42.8 Å². The molecule has 1 heterocycles. The van der Waals surface area contributed by atoms with Gasteiger partial charge in [-0.15, -0.1) is 11.8 Å². The van der Waals surface area contributed by atoms with Gasteiger partial charge >= 0.3 is 0 Å². The SMILES string of the molecule is COc1cccc(SC)c1C(=O)NC(c1ccccc1)C1(N2CCCC2)CC1. The first kappa shape index (κ1) is 19.3. The van der Waals surface area contributed by atoms with Crippen LogP contribution in [0.25, 0.3) is 0 Å². The number of ether oxygens (including phenoxy) is 1. The minimum atomic E-state index is -0.0545. The third-order valence-electron chi connectivity index (χ3n) is 6.10. The van der Waals surface area contributed by atoms with Crippen molar-refractivity contribution in [3.63, 3.8) is 0 Å². The fourth-order valence-electron chi connectivity index (χ4n) is 4.53. The maximum absolute atomic E-state index is 13.5. The lowest BCUT2D eigenvalue weighted by molar-refractivity contribution is 0.0875. The van der Waals surface area contributed by atoms with Crippen molar-refractivity contribution in [3.8, 4) is 5.75 Å². The number of rotatable bonds is 7. The first-order valence-corrected chi connectivity index (χ1v) is 11.2. The van der Waals surface area contributed by atoms with Gasteiger partial charge in [0.1, 0.15) is 5.75 Å². The van der Waals surface area contributed by atoms with Crippen LogP contribution in [0.4, 0.5) is 0 Å². The van der Waals surface area contributed by atoms with Crippen molar-refractivity contribution in [3.05, 3.63) is 59.7 Å². The van der Waals surface area contributed by atoms with Gasteiger partial charge in [-0.2, -0.15) is 0 Å². The van der Waals surface area contributed by atoms with Crippen LogP contribution in [0.5, 0.6) is 5.75 Å². The number of methoxy groups -OCH3 is 1. The highest BCUT2D eigenvalue weighted by atomic mass is 32.2. The molecule has 1 saturated carbocycles. The molecule has 1 aliphatic carbocycles. The summed E-state index contributed by atoms with van der Waals surface area (Å²) in [5.41, 5.74) is 1.87. The molecule has 1 atom stereocenters. The lowest BCUT2D eigenvalue weighted by Crippen LogP contribution is -2.47. The smallest absolute Gasteiger partial charge is 0.256 e. The van der Waals surface area contributed by atoms with E-state index in [1.165, 1.54) is 18.4 Å². The highest BCUT2D eigenvalue weighted by molar-refractivity contribution is 7.98. The molecule has 0 bridgehead atoms. The van der Waals surface area contributed by atoms with Crippen LogP contribution in [0.2, 0.25) is 0 Å². The van der Waals surface area contributed by atoms with E-state index in [2.05, 4.69) is 34.5 Å². The summed E-state index contributed by atoms with van der Waals surface area (Å²) >= 11 is 1.57. The molecule has 28 heavy (non-hydrogen) atoms. The minimum Gasteiger partial charge on any atom is -0.496 e. The molecule has 0 radical (unpaired) electrons. The highest BCUT2D eigenvalue weighted by Gasteiger charge is 2.55. The average molecular weight is 397 g/mol. The Labute approximate surface area is 171 Å². The molecule has 4 nitrogen and oxygen atoms in total. The molecule has 1 saturated heterocycles. The molecule has 1 amide bonds.